The van der Waals surface area contributed by atoms with Crippen molar-refractivity contribution in [2.24, 2.45) is 11.5 Å². The normalized spacial score (nSPS) is 17.8. The summed E-state index contributed by atoms with van der Waals surface area (Å²) in [6.45, 7) is 1.01. The van der Waals surface area contributed by atoms with E-state index in [1.807, 2.05) is 84.9 Å². The molecule has 4 atom stereocenters. The van der Waals surface area contributed by atoms with Crippen molar-refractivity contribution in [1.29, 1.82) is 0 Å². The topological polar surface area (TPSA) is 151 Å². The van der Waals surface area contributed by atoms with Crippen molar-refractivity contribution in [2.75, 3.05) is 23.7 Å². The highest BCUT2D eigenvalue weighted by Crippen LogP contribution is 2.23. The lowest BCUT2D eigenvalue weighted by molar-refractivity contribution is -0.137. The van der Waals surface area contributed by atoms with E-state index in [2.05, 4.69) is 22.5 Å². The highest BCUT2D eigenvalue weighted by molar-refractivity contribution is 5.99. The molecule has 0 radical (unpaired) electrons. The van der Waals surface area contributed by atoms with E-state index >= 15 is 0 Å². The molecule has 6 rings (SSSR count). The van der Waals surface area contributed by atoms with E-state index in [-0.39, 0.29) is 23.6 Å². The third-order valence-electron chi connectivity index (χ3n) is 9.56. The van der Waals surface area contributed by atoms with E-state index in [1.54, 1.807) is 34.1 Å². The average molecular weight is 697 g/mol. The van der Waals surface area contributed by atoms with Crippen LogP contribution in [0.25, 0.3) is 0 Å². The summed E-state index contributed by atoms with van der Waals surface area (Å²) < 4.78 is 0. The molecule has 4 aromatic rings. The summed E-state index contributed by atoms with van der Waals surface area (Å²) in [5.41, 5.74) is 17.2. The molecule has 10 nitrogen and oxygen atoms in total. The quantitative estimate of drug-likeness (QED) is 0.184. The van der Waals surface area contributed by atoms with Gasteiger partial charge in [-0.1, -0.05) is 72.5 Å². The molecule has 0 aromatic heterocycles. The minimum Gasteiger partial charge on any atom is -0.329 e. The first kappa shape index (κ1) is 36.0. The monoisotopic (exact) mass is 696 g/mol. The Balaban J connectivity index is 0.988. The fourth-order valence-electron chi connectivity index (χ4n) is 6.81. The van der Waals surface area contributed by atoms with Gasteiger partial charge in [0.05, 0.1) is 12.1 Å². The maximum Gasteiger partial charge on any atom is 0.247 e. The first-order valence-electron chi connectivity index (χ1n) is 17.8. The average Bonchev–Trinajstić information content (AvgIpc) is 3.87. The number of rotatable bonds is 10. The summed E-state index contributed by atoms with van der Waals surface area (Å²) in [4.78, 5) is 55.9. The molecule has 10 heteroatoms. The maximum atomic E-state index is 13.2. The number of benzene rings is 4. The molecule has 4 aromatic carbocycles. The Hall–Kier alpha value is -5.76. The standard InChI is InChI=1S/C42H44N6O4/c43-35(27-31-9-3-1-4-10-31)41(51)47-25-7-13-37(47)39(49)45-33-21-17-29(18-22-33)15-16-30-19-23-34(24-20-30)46-40(50)38-14-8-26-48(38)42(52)36(44)28-32-11-5-2-6-12-32/h1-6,9-12,17-24,35-38H,7-8,13-14,25-28,43-44H2,(H,45,49)(H,46,50)/t35-,36-,37-,38-/m0/s1. The fraction of sp³-hybridized carbons (Fsp3) is 0.286. The number of carbonyl (C=O) groups excluding carboxylic acids is 4. The molecular weight excluding hydrogens is 652 g/mol. The zero-order valence-corrected chi connectivity index (χ0v) is 29.0. The van der Waals surface area contributed by atoms with Crippen LogP contribution in [0.5, 0.6) is 0 Å². The highest BCUT2D eigenvalue weighted by Gasteiger charge is 2.37. The van der Waals surface area contributed by atoms with Crippen LogP contribution in [0, 0.1) is 11.8 Å². The fourth-order valence-corrected chi connectivity index (χ4v) is 6.81. The summed E-state index contributed by atoms with van der Waals surface area (Å²) in [5.74, 6) is 5.36. The second-order valence-corrected chi connectivity index (χ2v) is 13.4. The van der Waals surface area contributed by atoms with Gasteiger partial charge in [0.2, 0.25) is 23.6 Å². The Morgan fingerprint density at radius 1 is 0.577 bits per heavy atom. The molecular formula is C42H44N6O4. The summed E-state index contributed by atoms with van der Waals surface area (Å²) in [6, 6.07) is 31.1. The van der Waals surface area contributed by atoms with Crippen molar-refractivity contribution >= 4 is 35.0 Å². The van der Waals surface area contributed by atoms with Crippen molar-refractivity contribution < 1.29 is 19.2 Å². The Bertz CT molecular complexity index is 1780. The molecule has 0 bridgehead atoms. The number of carbonyl (C=O) groups is 4. The zero-order chi connectivity index (χ0) is 36.5. The molecule has 4 amide bonds. The van der Waals surface area contributed by atoms with Gasteiger partial charge in [0.15, 0.2) is 0 Å². The number of nitrogens with one attached hydrogen (secondary N) is 2. The molecule has 2 heterocycles. The molecule has 2 aliphatic rings. The molecule has 266 valence electrons. The maximum absolute atomic E-state index is 13.2. The van der Waals surface area contributed by atoms with Crippen LogP contribution < -0.4 is 22.1 Å². The lowest BCUT2D eigenvalue weighted by Gasteiger charge is -2.26. The lowest BCUT2D eigenvalue weighted by Crippen LogP contribution is -2.50. The van der Waals surface area contributed by atoms with Crippen molar-refractivity contribution in [1.82, 2.24) is 9.80 Å². The van der Waals surface area contributed by atoms with Gasteiger partial charge in [0.25, 0.3) is 0 Å². The summed E-state index contributed by atoms with van der Waals surface area (Å²) in [5, 5.41) is 5.88. The molecule has 0 saturated carbocycles. The Kier molecular flexibility index (Phi) is 11.8. The molecule has 6 N–H and O–H groups in total. The number of nitrogens with zero attached hydrogens (tertiary/aromatic N) is 2. The van der Waals surface area contributed by atoms with E-state index in [4.69, 9.17) is 11.5 Å². The molecule has 2 saturated heterocycles. The Morgan fingerprint density at radius 3 is 1.31 bits per heavy atom. The van der Waals surface area contributed by atoms with Gasteiger partial charge in [0, 0.05) is 35.6 Å². The summed E-state index contributed by atoms with van der Waals surface area (Å²) in [6.07, 6.45) is 3.50. The van der Waals surface area contributed by atoms with E-state index in [1.165, 1.54) is 0 Å². The number of nitrogens with two attached hydrogens (primary N) is 2. The van der Waals surface area contributed by atoms with Crippen LogP contribution in [-0.2, 0) is 32.0 Å². The second-order valence-electron chi connectivity index (χ2n) is 13.4. The summed E-state index contributed by atoms with van der Waals surface area (Å²) in [7, 11) is 0. The van der Waals surface area contributed by atoms with Crippen LogP contribution in [-0.4, -0.2) is 70.7 Å². The van der Waals surface area contributed by atoms with Crippen molar-refractivity contribution in [3.8, 4) is 11.8 Å². The van der Waals surface area contributed by atoms with Gasteiger partial charge in [-0.2, -0.15) is 0 Å². The van der Waals surface area contributed by atoms with Crippen LogP contribution in [0.4, 0.5) is 11.4 Å². The number of anilines is 2. The van der Waals surface area contributed by atoms with Crippen molar-refractivity contribution in [3.05, 3.63) is 131 Å². The van der Waals surface area contributed by atoms with Crippen LogP contribution in [0.2, 0.25) is 0 Å². The van der Waals surface area contributed by atoms with Gasteiger partial charge >= 0.3 is 0 Å². The predicted molar refractivity (Wildman–Crippen MR) is 202 cm³/mol. The number of amides is 4. The second kappa shape index (κ2) is 17.0. The number of hydrogen-bond acceptors (Lipinski definition) is 6. The zero-order valence-electron chi connectivity index (χ0n) is 29.0. The van der Waals surface area contributed by atoms with Gasteiger partial charge in [-0.25, -0.2) is 0 Å². The van der Waals surface area contributed by atoms with Gasteiger partial charge < -0.3 is 31.9 Å². The van der Waals surface area contributed by atoms with Crippen LogP contribution in [0.3, 0.4) is 0 Å². The highest BCUT2D eigenvalue weighted by atomic mass is 16.2. The van der Waals surface area contributed by atoms with Crippen molar-refractivity contribution in [3.63, 3.8) is 0 Å². The number of hydrogen-bond donors (Lipinski definition) is 4. The minimum atomic E-state index is -0.709. The van der Waals surface area contributed by atoms with Crippen LogP contribution in [0.15, 0.2) is 109 Å². The van der Waals surface area contributed by atoms with Crippen LogP contribution in [0.1, 0.15) is 47.9 Å². The lowest BCUT2D eigenvalue weighted by atomic mass is 10.1. The van der Waals surface area contributed by atoms with E-state index in [0.29, 0.717) is 50.1 Å². The number of likely N-dealkylation sites (tertiary alicyclic amines) is 2. The SMILES string of the molecule is N[C@@H](Cc1ccccc1)C(=O)N1CCC[C@H]1C(=O)Nc1ccc(C#Cc2ccc(NC(=O)[C@@H]3CCCN3C(=O)[C@@H](N)Cc3ccccc3)cc2)cc1. The molecule has 0 aliphatic carbocycles. The van der Waals surface area contributed by atoms with E-state index < -0.39 is 24.2 Å². The molecule has 2 fully saturated rings. The Labute approximate surface area is 304 Å². The molecule has 52 heavy (non-hydrogen) atoms. The third kappa shape index (κ3) is 9.12. The molecule has 2 aliphatic heterocycles. The molecule has 0 spiro atoms. The largest absolute Gasteiger partial charge is 0.329 e. The van der Waals surface area contributed by atoms with Crippen molar-refractivity contribution in [2.45, 2.75) is 62.7 Å². The smallest absolute Gasteiger partial charge is 0.247 e. The first-order valence-corrected chi connectivity index (χ1v) is 17.8. The van der Waals surface area contributed by atoms with E-state index in [9.17, 15) is 19.2 Å². The first-order chi connectivity index (χ1) is 25.2. The van der Waals surface area contributed by atoms with E-state index in [0.717, 1.165) is 35.1 Å². The third-order valence-corrected chi connectivity index (χ3v) is 9.56. The van der Waals surface area contributed by atoms with Gasteiger partial charge in [-0.15, -0.1) is 0 Å². The van der Waals surface area contributed by atoms with Gasteiger partial charge in [-0.3, -0.25) is 19.2 Å². The predicted octanol–water partition coefficient (Wildman–Crippen LogP) is 4.09. The Morgan fingerprint density at radius 2 is 0.942 bits per heavy atom. The molecule has 0 unspecified atom stereocenters. The van der Waals surface area contributed by atoms with Crippen LogP contribution >= 0.6 is 0 Å². The van der Waals surface area contributed by atoms with Gasteiger partial charge in [-0.05, 0) is 98.2 Å². The minimum absolute atomic E-state index is 0.213. The van der Waals surface area contributed by atoms with Gasteiger partial charge in [0.1, 0.15) is 12.1 Å². The summed E-state index contributed by atoms with van der Waals surface area (Å²) >= 11 is 0.